The van der Waals surface area contributed by atoms with Crippen LogP contribution in [0, 0.1) is 7.43 Å². The van der Waals surface area contributed by atoms with Gasteiger partial charge in [0.05, 0.1) is 0 Å². The predicted octanol–water partition coefficient (Wildman–Crippen LogP) is -0.621. The molecule has 0 aromatic carbocycles. The molecule has 0 aliphatic heterocycles. The zero-order valence-electron chi connectivity index (χ0n) is 4.16. The summed E-state index contributed by atoms with van der Waals surface area (Å²) in [5, 5.41) is 0. The maximum Gasteiger partial charge on any atom is 4.00 e. The molecule has 0 aliphatic rings. The third kappa shape index (κ3) is 512. The van der Waals surface area contributed by atoms with Gasteiger partial charge in [-0.3, -0.25) is 6.79 Å². The third-order valence-electron chi connectivity index (χ3n) is 0. The molecule has 0 aliphatic carbocycles. The van der Waals surface area contributed by atoms with Crippen molar-refractivity contribution in [3.63, 3.8) is 0 Å². The van der Waals surface area contributed by atoms with Gasteiger partial charge in [-0.15, -0.1) is 0 Å². The second-order valence-electron chi connectivity index (χ2n) is 0. The van der Waals surface area contributed by atoms with Crippen LogP contribution in [0.15, 0.2) is 0 Å². The zero-order chi connectivity index (χ0) is 6.00. The summed E-state index contributed by atoms with van der Waals surface area (Å²) in [5.41, 5.74) is 0. The topological polar surface area (TPSA) is 51.2 Å². The van der Waals surface area contributed by atoms with Gasteiger partial charge in [0.25, 0.3) is 0 Å². The van der Waals surface area contributed by atoms with Crippen molar-refractivity contribution >= 4 is 20.4 Å². The van der Waals surface area contributed by atoms with Gasteiger partial charge in [-0.1, -0.05) is 0 Å². The molecule has 4 heteroatoms. The standard InChI is InChI=1S/CHO.2CO.CH3.Fe/c3*1-2;;/h1H;;;1H3;/q4*-1;+4. The number of carbonyl (C=O) groups excluding carboxylic acids is 3. The van der Waals surface area contributed by atoms with E-state index in [-0.39, 0.29) is 24.5 Å². The first-order chi connectivity index (χ1) is 3.00. The molecule has 0 amide bonds. The summed E-state index contributed by atoms with van der Waals surface area (Å²) in [5.74, 6) is 0. The molecule has 0 spiro atoms. The quantitative estimate of drug-likeness (QED) is 0.266. The third-order valence-corrected chi connectivity index (χ3v) is 0. The van der Waals surface area contributed by atoms with E-state index in [9.17, 15) is 0 Å². The van der Waals surface area contributed by atoms with Crippen molar-refractivity contribution < 1.29 is 31.5 Å². The molecule has 0 N–H and O–H groups in total. The molecule has 0 aromatic rings. The Hall–Kier alpha value is -0.471. The van der Waals surface area contributed by atoms with Crippen LogP contribution in [0.4, 0.5) is 0 Å². The molecule has 0 bridgehead atoms. The van der Waals surface area contributed by atoms with Gasteiger partial charge >= 0.3 is 17.1 Å². The summed E-state index contributed by atoms with van der Waals surface area (Å²) in [6.07, 6.45) is 0. The molecule has 8 heavy (non-hydrogen) atoms. The zero-order valence-corrected chi connectivity index (χ0v) is 5.26. The van der Waals surface area contributed by atoms with Gasteiger partial charge in [0.2, 0.25) is 0 Å². The first-order valence-electron chi connectivity index (χ1n) is 0.644. The van der Waals surface area contributed by atoms with Crippen molar-refractivity contribution in [1.29, 1.82) is 0 Å². The molecule has 0 heterocycles. The summed E-state index contributed by atoms with van der Waals surface area (Å²) in [4.78, 5) is 22.8. The van der Waals surface area contributed by atoms with E-state index in [2.05, 4.69) is 20.4 Å². The van der Waals surface area contributed by atoms with Crippen LogP contribution >= 0.6 is 0 Å². The number of hydrogen-bond acceptors (Lipinski definition) is 3. The van der Waals surface area contributed by atoms with Gasteiger partial charge in [-0.05, 0) is 0 Å². The van der Waals surface area contributed by atoms with Crippen molar-refractivity contribution in [2.45, 2.75) is 0 Å². The van der Waals surface area contributed by atoms with E-state index < -0.39 is 0 Å². The van der Waals surface area contributed by atoms with Gasteiger partial charge in [0.15, 0.2) is 0 Å². The number of hydrogen-bond donors (Lipinski definition) is 0. The van der Waals surface area contributed by atoms with E-state index in [0.717, 1.165) is 0 Å². The molecule has 0 unspecified atom stereocenters. The summed E-state index contributed by atoms with van der Waals surface area (Å²) in [7, 11) is 0. The molecular formula is C4H4FeO3. The molecule has 0 rings (SSSR count). The van der Waals surface area contributed by atoms with Gasteiger partial charge in [-0.2, -0.15) is 0 Å². The average Bonchev–Trinajstić information content (AvgIpc) is 1.81. The van der Waals surface area contributed by atoms with Crippen molar-refractivity contribution in [1.82, 2.24) is 0 Å². The van der Waals surface area contributed by atoms with Crippen molar-refractivity contribution in [2.24, 2.45) is 0 Å². The van der Waals surface area contributed by atoms with Crippen molar-refractivity contribution in [3.05, 3.63) is 7.43 Å². The molecule has 0 saturated carbocycles. The van der Waals surface area contributed by atoms with E-state index in [1.54, 1.807) is 0 Å². The molecule has 0 fully saturated rings. The Morgan fingerprint density at radius 3 is 0.875 bits per heavy atom. The van der Waals surface area contributed by atoms with Crippen LogP contribution < -0.4 is 0 Å². The SMILES string of the molecule is [C-]=O.[C-]=O.[CH-]=O.[CH3-].[Fe+4]. The minimum Gasteiger partial charge on any atom is -0.573 e. The molecule has 46 valence electrons. The maximum absolute atomic E-state index is 7.75. The predicted molar refractivity (Wildman–Crippen MR) is 24.6 cm³/mol. The monoisotopic (exact) mass is 156 g/mol. The first-order valence-corrected chi connectivity index (χ1v) is 0.644. The van der Waals surface area contributed by atoms with Crippen LogP contribution in [0.2, 0.25) is 0 Å². The van der Waals surface area contributed by atoms with Crippen LogP contribution in [0.5, 0.6) is 0 Å². The Morgan fingerprint density at radius 2 is 0.875 bits per heavy atom. The average molecular weight is 156 g/mol. The Bertz CT molecular complexity index is 16.0. The molecule has 0 atom stereocenters. The minimum absolute atomic E-state index is 0. The molecule has 0 aromatic heterocycles. The second-order valence-corrected chi connectivity index (χ2v) is 0. The van der Waals surface area contributed by atoms with Crippen LogP contribution in [0.25, 0.3) is 0 Å². The Morgan fingerprint density at radius 1 is 0.875 bits per heavy atom. The van der Waals surface area contributed by atoms with E-state index in [1.807, 2.05) is 0 Å². The fraction of sp³-hybridized carbons (Fsp3) is 0. The van der Waals surface area contributed by atoms with Crippen molar-refractivity contribution in [3.8, 4) is 0 Å². The summed E-state index contributed by atoms with van der Waals surface area (Å²) in [6.45, 7) is 12.2. The molecule has 3 nitrogen and oxygen atoms in total. The van der Waals surface area contributed by atoms with E-state index in [0.29, 0.717) is 0 Å². The van der Waals surface area contributed by atoms with E-state index in [1.165, 1.54) is 0 Å². The van der Waals surface area contributed by atoms with E-state index >= 15 is 0 Å². The molecule has 0 saturated heterocycles. The molecular weight excluding hydrogens is 152 g/mol. The first kappa shape index (κ1) is 50.2. The fourth-order valence-electron chi connectivity index (χ4n) is 0. The summed E-state index contributed by atoms with van der Waals surface area (Å²) >= 11 is 0. The largest absolute Gasteiger partial charge is 4.00 e. The van der Waals surface area contributed by atoms with Crippen LogP contribution in [0.1, 0.15) is 0 Å². The van der Waals surface area contributed by atoms with Gasteiger partial charge < -0.3 is 35.4 Å². The smallest absolute Gasteiger partial charge is 0.573 e. The minimum atomic E-state index is 0. The van der Waals surface area contributed by atoms with E-state index in [4.69, 9.17) is 14.4 Å². The second kappa shape index (κ2) is 902. The Labute approximate surface area is 59.9 Å². The van der Waals surface area contributed by atoms with Crippen molar-refractivity contribution in [2.75, 3.05) is 0 Å². The van der Waals surface area contributed by atoms with Gasteiger partial charge in [0, 0.05) is 0 Å². The summed E-state index contributed by atoms with van der Waals surface area (Å²) < 4.78 is 0. The summed E-state index contributed by atoms with van der Waals surface area (Å²) in [6, 6.07) is 0. The van der Waals surface area contributed by atoms with Crippen LogP contribution in [0.3, 0.4) is 0 Å². The maximum atomic E-state index is 7.75. The normalized spacial score (nSPS) is 1.50. The van der Waals surface area contributed by atoms with Gasteiger partial charge in [-0.25, -0.2) is 0 Å². The fourth-order valence-corrected chi connectivity index (χ4v) is 0. The Kier molecular flexibility index (Phi) is 5660. The van der Waals surface area contributed by atoms with Gasteiger partial charge in [0.1, 0.15) is 0 Å². The molecule has 2 radical (unpaired) electrons. The van der Waals surface area contributed by atoms with Crippen LogP contribution in [-0.2, 0) is 31.5 Å². The Balaban J connectivity index is -0.00000000500. The van der Waals surface area contributed by atoms with Crippen LogP contribution in [-0.4, -0.2) is 20.4 Å². The number of rotatable bonds is 0.